The number of ether oxygens (including phenoxy) is 1. The van der Waals surface area contributed by atoms with E-state index >= 15 is 0 Å². The van der Waals surface area contributed by atoms with Gasteiger partial charge in [0.25, 0.3) is 0 Å². The second-order valence-corrected chi connectivity index (χ2v) is 5.44. The molecule has 1 aliphatic carbocycles. The molecule has 4 nitrogen and oxygen atoms in total. The van der Waals surface area contributed by atoms with Crippen LogP contribution in [0.3, 0.4) is 0 Å². The summed E-state index contributed by atoms with van der Waals surface area (Å²) in [5.74, 6) is 1.92. The summed E-state index contributed by atoms with van der Waals surface area (Å²) in [5.41, 5.74) is 1.06. The van der Waals surface area contributed by atoms with Crippen LogP contribution in [0, 0.1) is 11.8 Å². The van der Waals surface area contributed by atoms with Gasteiger partial charge in [0.15, 0.2) is 0 Å². The van der Waals surface area contributed by atoms with E-state index in [1.54, 1.807) is 0 Å². The summed E-state index contributed by atoms with van der Waals surface area (Å²) in [4.78, 5) is 11.8. The van der Waals surface area contributed by atoms with Crippen molar-refractivity contribution in [1.29, 1.82) is 0 Å². The van der Waals surface area contributed by atoms with Gasteiger partial charge in [0.05, 0.1) is 12.5 Å². The Morgan fingerprint density at radius 1 is 1.30 bits per heavy atom. The number of carbonyl (C=O) groups is 1. The second kappa shape index (κ2) is 6.95. The summed E-state index contributed by atoms with van der Waals surface area (Å²) < 4.78 is 5.83. The molecule has 1 saturated carbocycles. The van der Waals surface area contributed by atoms with E-state index in [2.05, 4.69) is 10.6 Å². The van der Waals surface area contributed by atoms with Gasteiger partial charge in [-0.25, -0.2) is 0 Å². The molecule has 2 N–H and O–H groups in total. The first-order valence-corrected chi connectivity index (χ1v) is 7.02. The number of halogens is 1. The van der Waals surface area contributed by atoms with Crippen LogP contribution < -0.4 is 15.4 Å². The molecule has 1 heterocycles. The molecule has 5 heteroatoms. The minimum Gasteiger partial charge on any atom is -0.493 e. The Balaban J connectivity index is 0.00000147. The van der Waals surface area contributed by atoms with Crippen molar-refractivity contribution in [3.05, 3.63) is 29.8 Å². The Kier molecular flexibility index (Phi) is 5.26. The molecule has 0 atom stereocenters. The lowest BCUT2D eigenvalue weighted by Gasteiger charge is -2.25. The number of nitrogens with one attached hydrogen (secondary N) is 2. The molecule has 1 aromatic carbocycles. The van der Waals surface area contributed by atoms with E-state index < -0.39 is 0 Å². The minimum atomic E-state index is 0. The largest absolute Gasteiger partial charge is 0.493 e. The second-order valence-electron chi connectivity index (χ2n) is 5.44. The quantitative estimate of drug-likeness (QED) is 0.841. The van der Waals surface area contributed by atoms with E-state index in [0.717, 1.165) is 36.9 Å². The normalized spacial score (nSPS) is 17.8. The number of amides is 1. The van der Waals surface area contributed by atoms with Gasteiger partial charge in [0.2, 0.25) is 5.91 Å². The number of rotatable bonds is 6. The molecule has 2 aliphatic rings. The van der Waals surface area contributed by atoms with E-state index in [4.69, 9.17) is 4.74 Å². The molecule has 0 spiro atoms. The fourth-order valence-corrected chi connectivity index (χ4v) is 2.08. The predicted octanol–water partition coefficient (Wildman–Crippen LogP) is 1.73. The monoisotopic (exact) mass is 296 g/mol. The van der Waals surface area contributed by atoms with Crippen molar-refractivity contribution in [2.24, 2.45) is 11.8 Å². The van der Waals surface area contributed by atoms with Crippen molar-refractivity contribution in [2.75, 3.05) is 19.7 Å². The van der Waals surface area contributed by atoms with Crippen LogP contribution in [0.15, 0.2) is 24.3 Å². The lowest BCUT2D eigenvalue weighted by Crippen LogP contribution is -2.50. The first kappa shape index (κ1) is 15.1. The van der Waals surface area contributed by atoms with Gasteiger partial charge in [0, 0.05) is 25.2 Å². The van der Waals surface area contributed by atoms with Crippen molar-refractivity contribution in [1.82, 2.24) is 10.6 Å². The highest BCUT2D eigenvalue weighted by Gasteiger charge is 2.25. The SMILES string of the molecule is Cl.O=C(NCc1ccccc1OCC1CC1)C1CNC1. The van der Waals surface area contributed by atoms with Gasteiger partial charge in [-0.3, -0.25) is 4.79 Å². The average molecular weight is 297 g/mol. The van der Waals surface area contributed by atoms with Gasteiger partial charge in [0.1, 0.15) is 5.75 Å². The predicted molar refractivity (Wildman–Crippen MR) is 80.1 cm³/mol. The highest BCUT2D eigenvalue weighted by Crippen LogP contribution is 2.30. The molecule has 20 heavy (non-hydrogen) atoms. The van der Waals surface area contributed by atoms with Crippen LogP contribution in [-0.2, 0) is 11.3 Å². The summed E-state index contributed by atoms with van der Waals surface area (Å²) in [5, 5.41) is 6.09. The van der Waals surface area contributed by atoms with Crippen LogP contribution in [0.25, 0.3) is 0 Å². The molecule has 110 valence electrons. The average Bonchev–Trinajstić information content (AvgIpc) is 3.16. The van der Waals surface area contributed by atoms with Crippen LogP contribution >= 0.6 is 12.4 Å². The minimum absolute atomic E-state index is 0. The lowest BCUT2D eigenvalue weighted by atomic mass is 10.0. The summed E-state index contributed by atoms with van der Waals surface area (Å²) >= 11 is 0. The van der Waals surface area contributed by atoms with Crippen LogP contribution in [0.2, 0.25) is 0 Å². The number of carbonyl (C=O) groups excluding carboxylic acids is 1. The van der Waals surface area contributed by atoms with Gasteiger partial charge >= 0.3 is 0 Å². The third-order valence-corrected chi connectivity index (χ3v) is 3.75. The van der Waals surface area contributed by atoms with Crippen molar-refractivity contribution in [2.45, 2.75) is 19.4 Å². The summed E-state index contributed by atoms with van der Waals surface area (Å²) in [6, 6.07) is 7.95. The van der Waals surface area contributed by atoms with E-state index in [-0.39, 0.29) is 24.2 Å². The summed E-state index contributed by atoms with van der Waals surface area (Å²) in [6.07, 6.45) is 2.57. The van der Waals surface area contributed by atoms with E-state index in [9.17, 15) is 4.79 Å². The van der Waals surface area contributed by atoms with Gasteiger partial charge in [-0.15, -0.1) is 12.4 Å². The van der Waals surface area contributed by atoms with Crippen molar-refractivity contribution < 1.29 is 9.53 Å². The van der Waals surface area contributed by atoms with E-state index in [0.29, 0.717) is 6.54 Å². The van der Waals surface area contributed by atoms with Crippen molar-refractivity contribution in [3.63, 3.8) is 0 Å². The molecule has 0 radical (unpaired) electrons. The molecule has 1 aromatic rings. The Morgan fingerprint density at radius 3 is 2.70 bits per heavy atom. The Morgan fingerprint density at radius 2 is 2.05 bits per heavy atom. The molecule has 0 bridgehead atoms. The third kappa shape index (κ3) is 3.87. The number of benzene rings is 1. The zero-order valence-corrected chi connectivity index (χ0v) is 12.2. The molecule has 3 rings (SSSR count). The first-order valence-electron chi connectivity index (χ1n) is 7.02. The van der Waals surface area contributed by atoms with Gasteiger partial charge in [-0.2, -0.15) is 0 Å². The van der Waals surface area contributed by atoms with Gasteiger partial charge in [-0.05, 0) is 24.8 Å². The van der Waals surface area contributed by atoms with Crippen molar-refractivity contribution in [3.8, 4) is 5.75 Å². The molecular formula is C15H21ClN2O2. The highest BCUT2D eigenvalue weighted by atomic mass is 35.5. The molecular weight excluding hydrogens is 276 g/mol. The van der Waals surface area contributed by atoms with Crippen molar-refractivity contribution >= 4 is 18.3 Å². The van der Waals surface area contributed by atoms with Gasteiger partial charge < -0.3 is 15.4 Å². The number of hydrogen-bond acceptors (Lipinski definition) is 3. The molecule has 1 amide bonds. The molecule has 2 fully saturated rings. The number of para-hydroxylation sites is 1. The van der Waals surface area contributed by atoms with E-state index in [1.165, 1.54) is 12.8 Å². The summed E-state index contributed by atoms with van der Waals surface area (Å²) in [6.45, 7) is 2.95. The topological polar surface area (TPSA) is 50.4 Å². The zero-order valence-electron chi connectivity index (χ0n) is 11.4. The lowest BCUT2D eigenvalue weighted by molar-refractivity contribution is -0.126. The molecule has 1 saturated heterocycles. The van der Waals surface area contributed by atoms with Crippen LogP contribution in [0.1, 0.15) is 18.4 Å². The highest BCUT2D eigenvalue weighted by molar-refractivity contribution is 5.85. The molecule has 0 unspecified atom stereocenters. The van der Waals surface area contributed by atoms with Gasteiger partial charge in [-0.1, -0.05) is 18.2 Å². The third-order valence-electron chi connectivity index (χ3n) is 3.75. The maximum absolute atomic E-state index is 11.8. The first-order chi connectivity index (χ1) is 9.33. The Labute approximate surface area is 125 Å². The number of hydrogen-bond donors (Lipinski definition) is 2. The maximum Gasteiger partial charge on any atom is 0.225 e. The molecule has 0 aromatic heterocycles. The van der Waals surface area contributed by atoms with E-state index in [1.807, 2.05) is 24.3 Å². The Hall–Kier alpha value is -1.26. The summed E-state index contributed by atoms with van der Waals surface area (Å²) in [7, 11) is 0. The fraction of sp³-hybridized carbons (Fsp3) is 0.533. The zero-order chi connectivity index (χ0) is 13.1. The van der Waals surface area contributed by atoms with Crippen LogP contribution in [0.5, 0.6) is 5.75 Å². The van der Waals surface area contributed by atoms with Crippen LogP contribution in [0.4, 0.5) is 0 Å². The Bertz CT molecular complexity index is 459. The van der Waals surface area contributed by atoms with Crippen LogP contribution in [-0.4, -0.2) is 25.6 Å². The smallest absolute Gasteiger partial charge is 0.225 e. The molecule has 1 aliphatic heterocycles. The maximum atomic E-state index is 11.8. The fourth-order valence-electron chi connectivity index (χ4n) is 2.08. The standard InChI is InChI=1S/C15H20N2O2.ClH/c18-15(13-7-16-8-13)17-9-12-3-1-2-4-14(12)19-10-11-5-6-11;/h1-4,11,13,16H,5-10H2,(H,17,18);1H.